The predicted octanol–water partition coefficient (Wildman–Crippen LogP) is 3.75. The van der Waals surface area contributed by atoms with Crippen LogP contribution in [0.2, 0.25) is 5.02 Å². The van der Waals surface area contributed by atoms with Gasteiger partial charge in [0.25, 0.3) is 5.69 Å². The van der Waals surface area contributed by atoms with Gasteiger partial charge in [0.15, 0.2) is 0 Å². The summed E-state index contributed by atoms with van der Waals surface area (Å²) in [4.78, 5) is 26.8. The molecule has 0 spiro atoms. The second-order valence-electron chi connectivity index (χ2n) is 5.67. The molecule has 0 amide bonds. The first-order valence-corrected chi connectivity index (χ1v) is 7.94. The third kappa shape index (κ3) is 2.66. The number of halogens is 1. The second kappa shape index (κ2) is 6.50. The zero-order valence-corrected chi connectivity index (χ0v) is 14.7. The van der Waals surface area contributed by atoms with Crippen LogP contribution in [0.25, 0.3) is 0 Å². The number of carbonyl (C=O) groups excluding carboxylic acids is 1. The quantitative estimate of drug-likeness (QED) is 0.269. The number of ketones is 1. The molecule has 0 aliphatic carbocycles. The summed E-state index contributed by atoms with van der Waals surface area (Å²) in [6.45, 7) is 0. The van der Waals surface area contributed by atoms with E-state index in [1.54, 1.807) is 23.9 Å². The number of benzene rings is 2. The van der Waals surface area contributed by atoms with Crippen LogP contribution in [0, 0.1) is 21.4 Å². The fraction of sp³-hybridized carbons (Fsp3) is 0.111. The number of para-hydroxylation sites is 2. The highest BCUT2D eigenvalue weighted by atomic mass is 35.5. The molecule has 0 saturated carbocycles. The van der Waals surface area contributed by atoms with Crippen molar-refractivity contribution in [2.45, 2.75) is 0 Å². The van der Waals surface area contributed by atoms with E-state index in [-0.39, 0.29) is 21.8 Å². The number of nitro groups is 1. The van der Waals surface area contributed by atoms with E-state index in [4.69, 9.17) is 11.6 Å². The molecule has 0 atom stereocenters. The van der Waals surface area contributed by atoms with E-state index in [9.17, 15) is 20.2 Å². The number of rotatable bonds is 3. The average molecular weight is 369 g/mol. The number of carbonyl (C=O) groups is 1. The highest BCUT2D eigenvalue weighted by Crippen LogP contribution is 2.41. The number of anilines is 2. The van der Waals surface area contributed by atoms with Gasteiger partial charge in [0.2, 0.25) is 5.78 Å². The standard InChI is InChI=1S/C18H13ClN4O3/c1-21-15-5-3-4-6-16(15)22(2)18(21)13(10-20)17(24)12-9-11(23(25)26)7-8-14(12)19/h3-9H,1-2H3. The second-order valence-corrected chi connectivity index (χ2v) is 6.07. The maximum atomic E-state index is 13.0. The van der Waals surface area contributed by atoms with E-state index in [1.807, 2.05) is 30.3 Å². The minimum Gasteiger partial charge on any atom is -0.328 e. The van der Waals surface area contributed by atoms with Gasteiger partial charge >= 0.3 is 0 Å². The van der Waals surface area contributed by atoms with Crippen molar-refractivity contribution in [3.8, 4) is 6.07 Å². The number of nitriles is 1. The molecule has 0 unspecified atom stereocenters. The molecule has 130 valence electrons. The number of allylic oxidation sites excluding steroid dienone is 1. The molecule has 3 rings (SSSR count). The van der Waals surface area contributed by atoms with Crippen LogP contribution >= 0.6 is 11.6 Å². The minimum atomic E-state index is -0.664. The zero-order chi connectivity index (χ0) is 19.0. The molecule has 1 heterocycles. The molecule has 7 nitrogen and oxygen atoms in total. The van der Waals surface area contributed by atoms with Crippen LogP contribution in [-0.2, 0) is 0 Å². The number of nitrogens with zero attached hydrogens (tertiary/aromatic N) is 4. The Labute approximate surface area is 154 Å². The number of hydrogen-bond donors (Lipinski definition) is 0. The molecule has 0 bridgehead atoms. The topological polar surface area (TPSA) is 90.5 Å². The Morgan fingerprint density at radius 2 is 1.73 bits per heavy atom. The molecule has 0 saturated heterocycles. The Morgan fingerprint density at radius 1 is 1.15 bits per heavy atom. The van der Waals surface area contributed by atoms with Gasteiger partial charge in [0.1, 0.15) is 17.5 Å². The van der Waals surface area contributed by atoms with E-state index >= 15 is 0 Å². The number of fused-ring (bicyclic) bond motifs is 1. The molecule has 26 heavy (non-hydrogen) atoms. The van der Waals surface area contributed by atoms with Crippen molar-refractivity contribution >= 4 is 34.4 Å². The Kier molecular flexibility index (Phi) is 4.36. The average Bonchev–Trinajstić information content (AvgIpc) is 2.88. The monoisotopic (exact) mass is 368 g/mol. The summed E-state index contributed by atoms with van der Waals surface area (Å²) in [6, 6.07) is 13.0. The SMILES string of the molecule is CN1C(=C(C#N)C(=O)c2cc([N+](=O)[O-])ccc2Cl)N(C)c2ccccc21. The highest BCUT2D eigenvalue weighted by molar-refractivity contribution is 6.35. The first-order valence-electron chi connectivity index (χ1n) is 7.56. The maximum absolute atomic E-state index is 13.0. The molecule has 2 aromatic carbocycles. The first kappa shape index (κ1) is 17.5. The Hall–Kier alpha value is -3.37. The molecule has 2 aromatic rings. The van der Waals surface area contributed by atoms with Gasteiger partial charge in [-0.05, 0) is 18.2 Å². The largest absolute Gasteiger partial charge is 0.328 e. The van der Waals surface area contributed by atoms with Gasteiger partial charge in [-0.2, -0.15) is 5.26 Å². The van der Waals surface area contributed by atoms with Gasteiger partial charge in [-0.15, -0.1) is 0 Å². The van der Waals surface area contributed by atoms with E-state index in [0.29, 0.717) is 5.82 Å². The summed E-state index contributed by atoms with van der Waals surface area (Å²) in [7, 11) is 3.49. The van der Waals surface area contributed by atoms with E-state index < -0.39 is 10.7 Å². The fourth-order valence-corrected chi connectivity index (χ4v) is 3.16. The summed E-state index contributed by atoms with van der Waals surface area (Å²) >= 11 is 6.06. The lowest BCUT2D eigenvalue weighted by atomic mass is 10.0. The lowest BCUT2D eigenvalue weighted by Gasteiger charge is -2.20. The van der Waals surface area contributed by atoms with Crippen molar-refractivity contribution in [3.05, 3.63) is 74.6 Å². The first-order chi connectivity index (χ1) is 12.4. The van der Waals surface area contributed by atoms with Crippen LogP contribution in [0.15, 0.2) is 53.9 Å². The van der Waals surface area contributed by atoms with Crippen molar-refractivity contribution < 1.29 is 9.72 Å². The number of nitro benzene ring substituents is 1. The lowest BCUT2D eigenvalue weighted by Crippen LogP contribution is -2.26. The summed E-state index contributed by atoms with van der Waals surface area (Å²) in [5, 5.41) is 20.7. The van der Waals surface area contributed by atoms with Gasteiger partial charge in [0, 0.05) is 31.8 Å². The molecule has 8 heteroatoms. The summed E-state index contributed by atoms with van der Waals surface area (Å²) in [5.74, 6) is -0.274. The van der Waals surface area contributed by atoms with Crippen molar-refractivity contribution in [2.24, 2.45) is 0 Å². The molecule has 1 aliphatic rings. The van der Waals surface area contributed by atoms with Gasteiger partial charge in [-0.1, -0.05) is 23.7 Å². The summed E-state index contributed by atoms with van der Waals surface area (Å²) in [6.07, 6.45) is 0. The molecular weight excluding hydrogens is 356 g/mol. The summed E-state index contributed by atoms with van der Waals surface area (Å²) < 4.78 is 0. The van der Waals surface area contributed by atoms with E-state index in [1.165, 1.54) is 12.1 Å². The lowest BCUT2D eigenvalue weighted by molar-refractivity contribution is -0.384. The Morgan fingerprint density at radius 3 is 2.23 bits per heavy atom. The third-order valence-corrected chi connectivity index (χ3v) is 4.54. The van der Waals surface area contributed by atoms with Crippen LogP contribution in [0.1, 0.15) is 10.4 Å². The van der Waals surface area contributed by atoms with Gasteiger partial charge < -0.3 is 9.80 Å². The summed E-state index contributed by atoms with van der Waals surface area (Å²) in [5.41, 5.74) is 1.19. The Balaban J connectivity index is 2.15. The van der Waals surface area contributed by atoms with Crippen molar-refractivity contribution in [3.63, 3.8) is 0 Å². The van der Waals surface area contributed by atoms with Crippen molar-refractivity contribution in [1.29, 1.82) is 5.26 Å². The fourth-order valence-electron chi connectivity index (χ4n) is 2.96. The van der Waals surface area contributed by atoms with Crippen molar-refractivity contribution in [1.82, 2.24) is 0 Å². The molecular formula is C18H13ClN4O3. The van der Waals surface area contributed by atoms with Crippen LogP contribution in [0.3, 0.4) is 0 Å². The zero-order valence-electron chi connectivity index (χ0n) is 13.9. The number of non-ortho nitro benzene ring substituents is 1. The van der Waals surface area contributed by atoms with Crippen LogP contribution in [0.5, 0.6) is 0 Å². The van der Waals surface area contributed by atoms with Crippen molar-refractivity contribution in [2.75, 3.05) is 23.9 Å². The van der Waals surface area contributed by atoms with E-state index in [0.717, 1.165) is 17.4 Å². The molecule has 0 N–H and O–H groups in total. The number of Topliss-reactive ketones (excluding diaryl/α,β-unsaturated/α-hetero) is 1. The molecule has 0 radical (unpaired) electrons. The molecule has 0 fully saturated rings. The third-order valence-electron chi connectivity index (χ3n) is 4.21. The van der Waals surface area contributed by atoms with Gasteiger partial charge in [-0.25, -0.2) is 0 Å². The van der Waals surface area contributed by atoms with E-state index in [2.05, 4.69) is 0 Å². The molecule has 1 aliphatic heterocycles. The maximum Gasteiger partial charge on any atom is 0.270 e. The minimum absolute atomic E-state index is 0.0507. The smallest absolute Gasteiger partial charge is 0.270 e. The Bertz CT molecular complexity index is 979. The number of hydrogen-bond acceptors (Lipinski definition) is 6. The van der Waals surface area contributed by atoms with Gasteiger partial charge in [0.05, 0.1) is 21.3 Å². The normalized spacial score (nSPS) is 12.6. The van der Waals surface area contributed by atoms with Crippen LogP contribution < -0.4 is 9.80 Å². The van der Waals surface area contributed by atoms with Crippen LogP contribution in [0.4, 0.5) is 17.1 Å². The predicted molar refractivity (Wildman–Crippen MR) is 98.3 cm³/mol. The molecule has 0 aromatic heterocycles. The highest BCUT2D eigenvalue weighted by Gasteiger charge is 2.32. The van der Waals surface area contributed by atoms with Gasteiger partial charge in [-0.3, -0.25) is 14.9 Å². The van der Waals surface area contributed by atoms with Crippen LogP contribution in [-0.4, -0.2) is 24.8 Å².